The summed E-state index contributed by atoms with van der Waals surface area (Å²) in [6, 6.07) is 17.3. The van der Waals surface area contributed by atoms with Gasteiger partial charge in [0.25, 0.3) is 5.78 Å². The Morgan fingerprint density at radius 3 is 2.46 bits per heavy atom. The minimum atomic E-state index is -0.905. The van der Waals surface area contributed by atoms with E-state index in [-0.39, 0.29) is 21.3 Å². The van der Waals surface area contributed by atoms with Gasteiger partial charge in [0.15, 0.2) is 5.13 Å². The van der Waals surface area contributed by atoms with Gasteiger partial charge < -0.3 is 14.6 Å². The van der Waals surface area contributed by atoms with Gasteiger partial charge in [-0.25, -0.2) is 9.78 Å². The molecule has 0 bridgehead atoms. The minimum absolute atomic E-state index is 0.0523. The molecule has 2 aromatic carbocycles. The number of carbonyl (C=O) groups is 3. The van der Waals surface area contributed by atoms with E-state index in [1.165, 1.54) is 23.3 Å². The maximum absolute atomic E-state index is 13.3. The molecule has 1 fully saturated rings. The third kappa shape index (κ3) is 4.96. The van der Waals surface area contributed by atoms with Gasteiger partial charge in [-0.2, -0.15) is 0 Å². The zero-order valence-corrected chi connectivity index (χ0v) is 23.0. The van der Waals surface area contributed by atoms with Crippen LogP contribution in [0.2, 0.25) is 0 Å². The summed E-state index contributed by atoms with van der Waals surface area (Å²) in [6.45, 7) is 4.04. The summed E-state index contributed by atoms with van der Waals surface area (Å²) in [7, 11) is 1.26. The molecule has 0 radical (unpaired) electrons. The lowest BCUT2D eigenvalue weighted by Crippen LogP contribution is -2.29. The van der Waals surface area contributed by atoms with E-state index in [4.69, 9.17) is 9.47 Å². The third-order valence-corrected chi connectivity index (χ3v) is 8.46. The van der Waals surface area contributed by atoms with Crippen molar-refractivity contribution in [3.05, 3.63) is 104 Å². The summed E-state index contributed by atoms with van der Waals surface area (Å²) in [5, 5.41) is 13.3. The van der Waals surface area contributed by atoms with Crippen molar-refractivity contribution in [2.24, 2.45) is 0 Å². The average molecular weight is 561 g/mol. The first-order valence-electron chi connectivity index (χ1n) is 12.0. The zero-order chi connectivity index (χ0) is 27.7. The van der Waals surface area contributed by atoms with Crippen molar-refractivity contribution < 1.29 is 29.0 Å². The highest BCUT2D eigenvalue weighted by molar-refractivity contribution is 7.18. The van der Waals surface area contributed by atoms with E-state index in [9.17, 15) is 19.5 Å². The van der Waals surface area contributed by atoms with Crippen molar-refractivity contribution in [2.45, 2.75) is 26.5 Å². The average Bonchev–Trinajstić information content (AvgIpc) is 3.66. The number of thiazole rings is 1. The topological polar surface area (TPSA) is 106 Å². The molecular weight excluding hydrogens is 536 g/mol. The molecule has 1 aliphatic rings. The maximum atomic E-state index is 13.3. The Balaban J connectivity index is 1.49. The predicted octanol–water partition coefficient (Wildman–Crippen LogP) is 5.81. The first kappa shape index (κ1) is 26.3. The lowest BCUT2D eigenvalue weighted by molar-refractivity contribution is -0.132. The monoisotopic (exact) mass is 560 g/mol. The molecule has 4 aromatic rings. The van der Waals surface area contributed by atoms with Crippen LogP contribution in [0.4, 0.5) is 5.13 Å². The molecule has 1 atom stereocenters. The number of aliphatic hydroxyl groups is 1. The van der Waals surface area contributed by atoms with E-state index in [0.29, 0.717) is 28.5 Å². The van der Waals surface area contributed by atoms with Crippen molar-refractivity contribution in [2.75, 3.05) is 12.0 Å². The van der Waals surface area contributed by atoms with Crippen molar-refractivity contribution in [3.8, 4) is 5.75 Å². The number of esters is 1. The number of amides is 1. The number of anilines is 1. The molecule has 3 heterocycles. The molecule has 1 saturated heterocycles. The number of rotatable bonds is 7. The number of benzene rings is 2. The Hall–Kier alpha value is -4.28. The van der Waals surface area contributed by atoms with Gasteiger partial charge in [-0.1, -0.05) is 41.7 Å². The smallest absolute Gasteiger partial charge is 0.350 e. The van der Waals surface area contributed by atoms with E-state index >= 15 is 0 Å². The number of aliphatic hydroxyl groups excluding tert-OH is 1. The summed E-state index contributed by atoms with van der Waals surface area (Å²) < 4.78 is 10.7. The highest BCUT2D eigenvalue weighted by Gasteiger charge is 2.48. The summed E-state index contributed by atoms with van der Waals surface area (Å²) in [6.07, 6.45) is 0. The number of methoxy groups -OCH3 is 1. The molecular formula is C29H24N2O6S2. The van der Waals surface area contributed by atoms with Crippen molar-refractivity contribution in [1.82, 2.24) is 4.98 Å². The SMILES string of the molecule is COC(=O)c1sc(N2C(=O)C(=O)/C(=C(/O)c3ccc(OCc4ccccc4C)cc3)C2c2cccs2)nc1C. The number of ether oxygens (including phenoxy) is 2. The van der Waals surface area contributed by atoms with Crippen molar-refractivity contribution in [1.29, 1.82) is 0 Å². The summed E-state index contributed by atoms with van der Waals surface area (Å²) in [5.41, 5.74) is 2.88. The summed E-state index contributed by atoms with van der Waals surface area (Å²) >= 11 is 2.31. The standard InChI is InChI=1S/C29H24N2O6S2/c1-16-7-4-5-8-19(16)15-37-20-12-10-18(11-13-20)24(32)22-23(21-9-6-14-38-21)31(27(34)25(22)33)29-30-17(2)26(39-29)28(35)36-3/h4-14,23,32H,15H2,1-3H3/b24-22+. The van der Waals surface area contributed by atoms with Crippen LogP contribution in [-0.4, -0.2) is 34.9 Å². The van der Waals surface area contributed by atoms with Crippen molar-refractivity contribution >= 4 is 51.2 Å². The van der Waals surface area contributed by atoms with Gasteiger partial charge >= 0.3 is 11.9 Å². The maximum Gasteiger partial charge on any atom is 0.350 e. The van der Waals surface area contributed by atoms with Crippen LogP contribution in [0.3, 0.4) is 0 Å². The minimum Gasteiger partial charge on any atom is -0.507 e. The second-order valence-electron chi connectivity index (χ2n) is 8.83. The fraction of sp³-hybridized carbons (Fsp3) is 0.172. The second kappa shape index (κ2) is 10.8. The van der Waals surface area contributed by atoms with E-state index in [2.05, 4.69) is 4.98 Å². The van der Waals surface area contributed by atoms with Crippen LogP contribution in [0.15, 0.2) is 71.6 Å². The van der Waals surface area contributed by atoms with Gasteiger partial charge in [-0.15, -0.1) is 11.3 Å². The van der Waals surface area contributed by atoms with Gasteiger partial charge in [0.2, 0.25) is 0 Å². The number of thiophene rings is 1. The van der Waals surface area contributed by atoms with Crippen molar-refractivity contribution in [3.63, 3.8) is 0 Å². The lowest BCUT2D eigenvalue weighted by Gasteiger charge is -2.21. The molecule has 2 aromatic heterocycles. The summed E-state index contributed by atoms with van der Waals surface area (Å²) in [5.74, 6) is -1.96. The van der Waals surface area contributed by atoms with Crippen LogP contribution in [-0.2, 0) is 20.9 Å². The second-order valence-corrected chi connectivity index (χ2v) is 10.8. The van der Waals surface area contributed by atoms with Gasteiger partial charge in [0.1, 0.15) is 29.0 Å². The van der Waals surface area contributed by atoms with Crippen LogP contribution in [0.1, 0.15) is 43.0 Å². The molecule has 39 heavy (non-hydrogen) atoms. The van der Waals surface area contributed by atoms with Crippen LogP contribution < -0.4 is 9.64 Å². The molecule has 198 valence electrons. The van der Waals surface area contributed by atoms with Crippen LogP contribution in [0.25, 0.3) is 5.76 Å². The largest absolute Gasteiger partial charge is 0.507 e. The van der Waals surface area contributed by atoms with Crippen LogP contribution in [0.5, 0.6) is 5.75 Å². The Bertz CT molecular complexity index is 1590. The molecule has 10 heteroatoms. The lowest BCUT2D eigenvalue weighted by atomic mass is 10.00. The number of hydrogen-bond donors (Lipinski definition) is 1. The molecule has 0 spiro atoms. The number of carbonyl (C=O) groups excluding carboxylic acids is 3. The van der Waals surface area contributed by atoms with E-state index in [1.54, 1.807) is 43.3 Å². The number of aryl methyl sites for hydroxylation is 2. The Kier molecular flexibility index (Phi) is 7.32. The van der Waals surface area contributed by atoms with Crippen LogP contribution >= 0.6 is 22.7 Å². The fourth-order valence-corrected chi connectivity index (χ4v) is 6.15. The fourth-order valence-electron chi connectivity index (χ4n) is 4.31. The molecule has 5 rings (SSSR count). The van der Waals surface area contributed by atoms with Gasteiger partial charge in [0.05, 0.1) is 18.4 Å². The predicted molar refractivity (Wildman–Crippen MR) is 149 cm³/mol. The first-order valence-corrected chi connectivity index (χ1v) is 13.7. The highest BCUT2D eigenvalue weighted by Crippen LogP contribution is 2.45. The third-order valence-electron chi connectivity index (χ3n) is 6.40. The van der Waals surface area contributed by atoms with E-state index in [1.807, 2.05) is 36.6 Å². The number of nitrogens with zero attached hydrogens (tertiary/aromatic N) is 2. The molecule has 1 N–H and O–H groups in total. The first-order chi connectivity index (χ1) is 18.8. The number of aromatic nitrogens is 1. The molecule has 8 nitrogen and oxygen atoms in total. The number of hydrogen-bond acceptors (Lipinski definition) is 9. The molecule has 1 amide bonds. The molecule has 1 unspecified atom stereocenters. The number of Topliss-reactive ketones (excluding diaryl/α,β-unsaturated/α-hetero) is 1. The van der Waals surface area contributed by atoms with Crippen LogP contribution in [0, 0.1) is 13.8 Å². The Morgan fingerprint density at radius 2 is 1.79 bits per heavy atom. The van der Waals surface area contributed by atoms with E-state index in [0.717, 1.165) is 22.5 Å². The van der Waals surface area contributed by atoms with Gasteiger partial charge in [-0.3, -0.25) is 14.5 Å². The van der Waals surface area contributed by atoms with E-state index < -0.39 is 23.7 Å². The zero-order valence-electron chi connectivity index (χ0n) is 21.3. The van der Waals surface area contributed by atoms with Gasteiger partial charge in [0, 0.05) is 10.4 Å². The quantitative estimate of drug-likeness (QED) is 0.132. The molecule has 1 aliphatic heterocycles. The Morgan fingerprint density at radius 1 is 1.05 bits per heavy atom. The number of ketones is 1. The summed E-state index contributed by atoms with van der Waals surface area (Å²) in [4.78, 5) is 45.3. The molecule has 0 saturated carbocycles. The normalized spacial score (nSPS) is 16.5. The Labute approximate surface area is 232 Å². The van der Waals surface area contributed by atoms with Gasteiger partial charge in [-0.05, 0) is 60.7 Å². The highest BCUT2D eigenvalue weighted by atomic mass is 32.1. The molecule has 0 aliphatic carbocycles.